The molecule has 0 N–H and O–H groups in total. The molecule has 0 aromatic heterocycles. The molecule has 0 bridgehead atoms. The van der Waals surface area contributed by atoms with Crippen LogP contribution in [0.4, 0.5) is 0 Å². The van der Waals surface area contributed by atoms with E-state index in [1.807, 2.05) is 0 Å². The van der Waals surface area contributed by atoms with Crippen molar-refractivity contribution in [3.05, 3.63) is 0 Å². The molecule has 1 saturated heterocycles. The van der Waals surface area contributed by atoms with Crippen LogP contribution in [0.15, 0.2) is 0 Å². The summed E-state index contributed by atoms with van der Waals surface area (Å²) in [5.74, 6) is 3.19. The zero-order valence-electron chi connectivity index (χ0n) is 14.3. The third-order valence-electron chi connectivity index (χ3n) is 6.26. The first-order valence-corrected chi connectivity index (χ1v) is 9.21. The maximum Gasteiger partial charge on any atom is 0.173 e. The summed E-state index contributed by atoms with van der Waals surface area (Å²) in [5.41, 5.74) is 0.223. The van der Waals surface area contributed by atoms with Gasteiger partial charge < -0.3 is 18.9 Å². The molecule has 5 atom stereocenters. The predicted octanol–water partition coefficient (Wildman–Crippen LogP) is 3.33. The second-order valence-corrected chi connectivity index (χ2v) is 9.20. The quantitative estimate of drug-likeness (QED) is 0.421. The number of hydrogen-bond donors (Lipinski definition) is 0. The van der Waals surface area contributed by atoms with Crippen LogP contribution in [0.25, 0.3) is 0 Å². The van der Waals surface area contributed by atoms with E-state index in [2.05, 4.69) is 35.7 Å². The van der Waals surface area contributed by atoms with Crippen molar-refractivity contribution < 1.29 is 18.9 Å². The van der Waals surface area contributed by atoms with Crippen LogP contribution in [0.2, 0.25) is 0 Å². The number of fused-ring (bicyclic) bond motifs is 1. The van der Waals surface area contributed by atoms with Gasteiger partial charge in [-0.05, 0) is 30.1 Å². The van der Waals surface area contributed by atoms with Crippen molar-refractivity contribution in [1.29, 1.82) is 0 Å². The lowest BCUT2D eigenvalue weighted by atomic mass is 9.61. The smallest absolute Gasteiger partial charge is 0.173 e. The van der Waals surface area contributed by atoms with E-state index in [1.54, 1.807) is 7.11 Å². The summed E-state index contributed by atoms with van der Waals surface area (Å²) in [7, 11) is 1.68. The highest BCUT2D eigenvalue weighted by Gasteiger charge is 2.62. The fraction of sp³-hybridized carbons (Fsp3) is 0.889. The van der Waals surface area contributed by atoms with E-state index >= 15 is 0 Å². The summed E-state index contributed by atoms with van der Waals surface area (Å²) in [6, 6.07) is 0. The molecular weight excluding hydrogens is 360 g/mol. The fourth-order valence-corrected chi connectivity index (χ4v) is 6.31. The minimum absolute atomic E-state index is 0.212. The molecule has 1 spiro atoms. The summed E-state index contributed by atoms with van der Waals surface area (Å²) in [4.78, 5) is 0. The van der Waals surface area contributed by atoms with Gasteiger partial charge in [-0.2, -0.15) is 0 Å². The molecule has 5 heteroatoms. The normalized spacial score (nSPS) is 43.3. The molecule has 130 valence electrons. The molecular formula is C18H27BrO4. The van der Waals surface area contributed by atoms with Gasteiger partial charge in [0.2, 0.25) is 0 Å². The van der Waals surface area contributed by atoms with Crippen LogP contribution in [0, 0.1) is 29.6 Å². The van der Waals surface area contributed by atoms with Crippen LogP contribution in [0.1, 0.15) is 39.5 Å². The maximum atomic E-state index is 6.00. The Labute approximate surface area is 147 Å². The van der Waals surface area contributed by atoms with Gasteiger partial charge in [0.25, 0.3) is 0 Å². The van der Waals surface area contributed by atoms with Gasteiger partial charge >= 0.3 is 0 Å². The summed E-state index contributed by atoms with van der Waals surface area (Å²) >= 11 is 3.95. The minimum Gasteiger partial charge on any atom is -0.354 e. The monoisotopic (exact) mass is 386 g/mol. The zero-order chi connectivity index (χ0) is 16.7. The Morgan fingerprint density at radius 1 is 1.30 bits per heavy atom. The van der Waals surface area contributed by atoms with Crippen LogP contribution in [-0.4, -0.2) is 43.3 Å². The second kappa shape index (κ2) is 6.31. The minimum atomic E-state index is -0.371. The van der Waals surface area contributed by atoms with E-state index in [1.165, 1.54) is 0 Å². The lowest BCUT2D eigenvalue weighted by Gasteiger charge is -2.48. The molecule has 0 aromatic carbocycles. The van der Waals surface area contributed by atoms with Gasteiger partial charge in [0.1, 0.15) is 6.61 Å². The summed E-state index contributed by atoms with van der Waals surface area (Å²) < 4.78 is 23.2. The van der Waals surface area contributed by atoms with Gasteiger partial charge in [0.05, 0.1) is 17.5 Å². The summed E-state index contributed by atoms with van der Waals surface area (Å²) in [5, 5.41) is 0. The molecule has 2 aliphatic carbocycles. The number of alkyl halides is 1. The van der Waals surface area contributed by atoms with E-state index in [4.69, 9.17) is 25.4 Å². The highest BCUT2D eigenvalue weighted by molar-refractivity contribution is 9.10. The van der Waals surface area contributed by atoms with Gasteiger partial charge in [-0.1, -0.05) is 35.7 Å². The Morgan fingerprint density at radius 2 is 2.00 bits per heavy atom. The lowest BCUT2D eigenvalue weighted by molar-refractivity contribution is -0.216. The van der Waals surface area contributed by atoms with Gasteiger partial charge in [0.15, 0.2) is 12.1 Å². The van der Waals surface area contributed by atoms with Gasteiger partial charge in [-0.25, -0.2) is 0 Å². The number of methoxy groups -OCH3 is 1. The standard InChI is InChI=1S/C18H27BrO4/c1-5-6-21-15(20-4)17(19)10-14-11-18(22-7-8-23-18)9-13(2)16(14,3)12-17/h1,13-15H,6-12H2,2-4H3/t13-,14-,15?,16+,17?/m0/s1. The average Bonchev–Trinajstić information content (AvgIpc) is 3.04. The largest absolute Gasteiger partial charge is 0.354 e. The highest BCUT2D eigenvalue weighted by atomic mass is 79.9. The van der Waals surface area contributed by atoms with E-state index in [0.717, 1.165) is 25.7 Å². The number of ether oxygens (including phenoxy) is 4. The average molecular weight is 387 g/mol. The number of hydrogen-bond acceptors (Lipinski definition) is 4. The van der Waals surface area contributed by atoms with Crippen molar-refractivity contribution in [2.75, 3.05) is 26.9 Å². The molecule has 3 fully saturated rings. The lowest BCUT2D eigenvalue weighted by Crippen LogP contribution is -2.47. The van der Waals surface area contributed by atoms with Crippen LogP contribution < -0.4 is 0 Å². The molecule has 2 unspecified atom stereocenters. The number of rotatable bonds is 4. The van der Waals surface area contributed by atoms with Crippen LogP contribution in [0.3, 0.4) is 0 Å². The maximum absolute atomic E-state index is 6.00. The highest BCUT2D eigenvalue weighted by Crippen LogP contribution is 2.64. The first-order valence-electron chi connectivity index (χ1n) is 8.42. The molecule has 1 heterocycles. The summed E-state index contributed by atoms with van der Waals surface area (Å²) in [6.07, 6.45) is 8.90. The first-order chi connectivity index (χ1) is 10.9. The van der Waals surface area contributed by atoms with Crippen LogP contribution >= 0.6 is 15.9 Å². The van der Waals surface area contributed by atoms with Gasteiger partial charge in [-0.15, -0.1) is 6.42 Å². The zero-order valence-corrected chi connectivity index (χ0v) is 15.9. The fourth-order valence-electron chi connectivity index (χ4n) is 5.00. The molecule has 23 heavy (non-hydrogen) atoms. The molecule has 0 aromatic rings. The molecule has 4 nitrogen and oxygen atoms in total. The Bertz CT molecular complexity index is 484. The molecule has 3 aliphatic rings. The number of halogens is 1. The van der Waals surface area contributed by atoms with Crippen LogP contribution in [0.5, 0.6) is 0 Å². The van der Waals surface area contributed by atoms with E-state index in [-0.39, 0.29) is 28.4 Å². The SMILES string of the molecule is C#CCOC(OC)C1(Br)C[C@H]2CC3(C[C@H](C)[C@@]2(C)C1)OCCO3. The van der Waals surface area contributed by atoms with E-state index < -0.39 is 0 Å². The van der Waals surface area contributed by atoms with Crippen molar-refractivity contribution in [2.24, 2.45) is 17.3 Å². The van der Waals surface area contributed by atoms with E-state index in [0.29, 0.717) is 25.0 Å². The van der Waals surface area contributed by atoms with Crippen molar-refractivity contribution in [3.63, 3.8) is 0 Å². The van der Waals surface area contributed by atoms with Crippen molar-refractivity contribution in [2.45, 2.75) is 55.9 Å². The Morgan fingerprint density at radius 3 is 2.61 bits per heavy atom. The predicted molar refractivity (Wildman–Crippen MR) is 91.1 cm³/mol. The van der Waals surface area contributed by atoms with Crippen molar-refractivity contribution in [1.82, 2.24) is 0 Å². The molecule has 2 saturated carbocycles. The Hall–Kier alpha value is -0.120. The second-order valence-electron chi connectivity index (χ2n) is 7.62. The summed E-state index contributed by atoms with van der Waals surface area (Å²) in [6.45, 7) is 6.39. The molecule has 1 aliphatic heterocycles. The Kier molecular flexibility index (Phi) is 4.85. The molecule has 0 amide bonds. The van der Waals surface area contributed by atoms with Crippen LogP contribution in [-0.2, 0) is 18.9 Å². The van der Waals surface area contributed by atoms with E-state index in [9.17, 15) is 0 Å². The topological polar surface area (TPSA) is 36.9 Å². The van der Waals surface area contributed by atoms with Crippen molar-refractivity contribution >= 4 is 15.9 Å². The molecule has 3 rings (SSSR count). The third kappa shape index (κ3) is 2.98. The number of terminal acetylenes is 1. The Balaban J connectivity index is 1.81. The van der Waals surface area contributed by atoms with Gasteiger partial charge in [-0.3, -0.25) is 0 Å². The first kappa shape index (κ1) is 17.7. The molecule has 0 radical (unpaired) electrons. The van der Waals surface area contributed by atoms with Crippen molar-refractivity contribution in [3.8, 4) is 12.3 Å². The third-order valence-corrected chi connectivity index (χ3v) is 7.24. The van der Waals surface area contributed by atoms with Gasteiger partial charge in [0, 0.05) is 20.0 Å².